The topological polar surface area (TPSA) is 20.3 Å². The molecule has 0 radical (unpaired) electrons. The van der Waals surface area contributed by atoms with Crippen LogP contribution in [0.2, 0.25) is 0 Å². The van der Waals surface area contributed by atoms with Crippen LogP contribution < -0.4 is 0 Å². The van der Waals surface area contributed by atoms with Gasteiger partial charge in [-0.3, -0.25) is 4.79 Å². The predicted octanol–water partition coefficient (Wildman–Crippen LogP) is 2.51. The Kier molecular flexibility index (Phi) is 7.40. The first-order valence-electron chi connectivity index (χ1n) is 4.82. The summed E-state index contributed by atoms with van der Waals surface area (Å²) < 4.78 is 0. The van der Waals surface area contributed by atoms with Crippen molar-refractivity contribution in [3.8, 4) is 0 Å². The minimum atomic E-state index is 0. The summed E-state index contributed by atoms with van der Waals surface area (Å²) in [6.07, 6.45) is 0. The maximum atomic E-state index is 11.1. The van der Waals surface area contributed by atoms with Gasteiger partial charge in [0.05, 0.1) is 0 Å². The minimum Gasteiger partial charge on any atom is -0.748 e. The molecule has 0 aliphatic carbocycles. The molecule has 3 heteroatoms. The van der Waals surface area contributed by atoms with Crippen molar-refractivity contribution in [1.82, 2.24) is 4.90 Å². The molecule has 0 fully saturated rings. The molecule has 0 unspecified atom stereocenters. The Balaban J connectivity index is 0.000000318. The van der Waals surface area contributed by atoms with Gasteiger partial charge in [0.2, 0.25) is 0 Å². The van der Waals surface area contributed by atoms with E-state index < -0.39 is 0 Å². The fraction of sp³-hybridized carbons (Fsp3) is 0.154. The van der Waals surface area contributed by atoms with E-state index in [1.165, 1.54) is 0 Å². The molecule has 0 saturated carbocycles. The van der Waals surface area contributed by atoms with Gasteiger partial charge >= 0.3 is 0 Å². The molecule has 1 amide bonds. The Morgan fingerprint density at radius 1 is 1.00 bits per heavy atom. The molecule has 2 aromatic carbocycles. The summed E-state index contributed by atoms with van der Waals surface area (Å²) in [5.74, 6) is 0.0602. The maximum Gasteiger partial charge on any atom is 0.197 e. The fourth-order valence-corrected chi connectivity index (χ4v) is 1.10. The Hall–Kier alpha value is -1.21. The molecule has 0 N–H and O–H groups in total. The third-order valence-corrected chi connectivity index (χ3v) is 1.87. The molecule has 0 bridgehead atoms. The molecule has 0 spiro atoms. The zero-order chi connectivity index (χ0) is 11.1. The van der Waals surface area contributed by atoms with E-state index in [9.17, 15) is 4.79 Å². The van der Waals surface area contributed by atoms with E-state index in [4.69, 9.17) is 0 Å². The largest absolute Gasteiger partial charge is 0.748 e. The van der Waals surface area contributed by atoms with Gasteiger partial charge in [-0.1, -0.05) is 5.56 Å². The van der Waals surface area contributed by atoms with Crippen molar-refractivity contribution in [2.75, 3.05) is 14.1 Å². The summed E-state index contributed by atoms with van der Waals surface area (Å²) in [4.78, 5) is 12.7. The summed E-state index contributed by atoms with van der Waals surface area (Å²) in [5.41, 5.74) is 0.755. The van der Waals surface area contributed by atoms with Gasteiger partial charge < -0.3 is 35.2 Å². The molecular weight excluding hydrogens is 287 g/mol. The quantitative estimate of drug-likeness (QED) is 0.585. The second kappa shape index (κ2) is 8.01. The molecule has 0 aliphatic heterocycles. The third kappa shape index (κ3) is 5.04. The molecule has 0 aliphatic rings. The Bertz CT molecular complexity index is 345. The Morgan fingerprint density at radius 2 is 1.38 bits per heavy atom. The SMILES string of the molecule is CN(C)C(=O)[c-]1cccc1.[Ru].[cH-]1[cH-][cH-][cH-][cH-]1. The van der Waals surface area contributed by atoms with Gasteiger partial charge in [0.15, 0.2) is 5.91 Å². The van der Waals surface area contributed by atoms with E-state index >= 15 is 0 Å². The van der Waals surface area contributed by atoms with Crippen LogP contribution in [0.1, 0.15) is 10.4 Å². The first kappa shape index (κ1) is 14.8. The first-order chi connectivity index (χ1) is 7.22. The van der Waals surface area contributed by atoms with E-state index in [0.717, 1.165) is 5.56 Å². The van der Waals surface area contributed by atoms with Gasteiger partial charge in [0.25, 0.3) is 0 Å². The second-order valence-electron chi connectivity index (χ2n) is 3.34. The van der Waals surface area contributed by atoms with Gasteiger partial charge in [0, 0.05) is 33.6 Å². The van der Waals surface area contributed by atoms with Crippen molar-refractivity contribution >= 4 is 5.91 Å². The zero-order valence-corrected chi connectivity index (χ0v) is 11.1. The van der Waals surface area contributed by atoms with E-state index in [0.29, 0.717) is 0 Å². The van der Waals surface area contributed by atoms with E-state index in [2.05, 4.69) is 0 Å². The van der Waals surface area contributed by atoms with Crippen molar-refractivity contribution in [2.24, 2.45) is 0 Å². The molecule has 0 saturated heterocycles. The summed E-state index contributed by atoms with van der Waals surface area (Å²) in [6, 6.07) is 17.3. The van der Waals surface area contributed by atoms with E-state index in [1.807, 2.05) is 54.6 Å². The molecule has 2 aromatic rings. The normalized spacial score (nSPS) is 8.38. The number of nitrogens with zero attached hydrogens (tertiary/aromatic N) is 1. The average Bonchev–Trinajstić information content (AvgIpc) is 2.92. The van der Waals surface area contributed by atoms with Crippen molar-refractivity contribution < 1.29 is 24.3 Å². The monoisotopic (exact) mass is 303 g/mol. The molecule has 2 rings (SSSR count). The van der Waals surface area contributed by atoms with Crippen LogP contribution in [0.3, 0.4) is 0 Å². The third-order valence-electron chi connectivity index (χ3n) is 1.87. The van der Waals surface area contributed by atoms with Crippen LogP contribution in [0, 0.1) is 0 Å². The van der Waals surface area contributed by atoms with Gasteiger partial charge in [-0.05, 0) is 0 Å². The molecule has 16 heavy (non-hydrogen) atoms. The van der Waals surface area contributed by atoms with Crippen LogP contribution in [0.5, 0.6) is 0 Å². The summed E-state index contributed by atoms with van der Waals surface area (Å²) in [5, 5.41) is 0. The molecule has 0 aromatic heterocycles. The van der Waals surface area contributed by atoms with E-state index in [-0.39, 0.29) is 25.4 Å². The fourth-order valence-electron chi connectivity index (χ4n) is 1.10. The maximum absolute atomic E-state index is 11.1. The number of amides is 1. The van der Waals surface area contributed by atoms with Crippen LogP contribution in [-0.4, -0.2) is 24.9 Å². The minimum absolute atomic E-state index is 0. The van der Waals surface area contributed by atoms with E-state index in [1.54, 1.807) is 19.0 Å². The summed E-state index contributed by atoms with van der Waals surface area (Å²) in [6.45, 7) is 0. The number of carbonyl (C=O) groups excluding carboxylic acids is 1. The van der Waals surface area contributed by atoms with Crippen LogP contribution in [0.4, 0.5) is 0 Å². The van der Waals surface area contributed by atoms with Crippen LogP contribution in [0.15, 0.2) is 54.6 Å². The van der Waals surface area contributed by atoms with Gasteiger partial charge in [-0.2, -0.15) is 12.1 Å². The van der Waals surface area contributed by atoms with Gasteiger partial charge in [0.1, 0.15) is 0 Å². The summed E-state index contributed by atoms with van der Waals surface area (Å²) >= 11 is 0. The molecule has 0 heterocycles. The van der Waals surface area contributed by atoms with Gasteiger partial charge in [-0.15, -0.1) is 0 Å². The number of rotatable bonds is 1. The number of carbonyl (C=O) groups is 1. The van der Waals surface area contributed by atoms with Crippen LogP contribution in [0.25, 0.3) is 0 Å². The van der Waals surface area contributed by atoms with Crippen molar-refractivity contribution in [2.45, 2.75) is 0 Å². The Morgan fingerprint density at radius 3 is 1.69 bits per heavy atom. The predicted molar refractivity (Wildman–Crippen MR) is 62.1 cm³/mol. The van der Waals surface area contributed by atoms with Crippen LogP contribution >= 0.6 is 0 Å². The molecule has 0 atom stereocenters. The standard InChI is InChI=1S/C8H10NO.C5H5.Ru/c1-9(2)8(10)7-5-3-4-6-7;1-2-4-5-3-1;/h3-6H,1-2H3;1-5H;/q-1;-5;. The number of hydrogen-bond acceptors (Lipinski definition) is 1. The molecule has 92 valence electrons. The summed E-state index contributed by atoms with van der Waals surface area (Å²) in [7, 11) is 3.49. The van der Waals surface area contributed by atoms with Crippen LogP contribution in [-0.2, 0) is 19.5 Å². The second-order valence-corrected chi connectivity index (χ2v) is 3.34. The molecular formula is C13H15NORu-6. The Labute approximate surface area is 109 Å². The zero-order valence-electron chi connectivity index (χ0n) is 9.41. The van der Waals surface area contributed by atoms with Gasteiger partial charge in [-0.25, -0.2) is 12.1 Å². The average molecular weight is 302 g/mol. The first-order valence-corrected chi connectivity index (χ1v) is 4.82. The smallest absolute Gasteiger partial charge is 0.197 e. The van der Waals surface area contributed by atoms with Crippen molar-refractivity contribution in [3.63, 3.8) is 0 Å². The molecule has 2 nitrogen and oxygen atoms in total. The van der Waals surface area contributed by atoms with Crippen molar-refractivity contribution in [3.05, 3.63) is 60.2 Å². The number of hydrogen-bond donors (Lipinski definition) is 0. The van der Waals surface area contributed by atoms with Crippen molar-refractivity contribution in [1.29, 1.82) is 0 Å².